The molecule has 0 aliphatic heterocycles. The summed E-state index contributed by atoms with van der Waals surface area (Å²) in [6, 6.07) is 3.59. The fraction of sp³-hybridized carbons (Fsp3) is 0.100. The van der Waals surface area contributed by atoms with E-state index in [0.717, 1.165) is 11.4 Å². The number of halogens is 1. The maximum atomic E-state index is 11.2. The molecule has 2 rings (SSSR count). The Labute approximate surface area is 94.6 Å². The molecule has 2 aromatic heterocycles. The largest absolute Gasteiger partial charge is 0.463 e. The van der Waals surface area contributed by atoms with Gasteiger partial charge in [0.1, 0.15) is 0 Å². The zero-order valence-corrected chi connectivity index (χ0v) is 9.59. The number of amides is 1. The average Bonchev–Trinajstić information content (AvgIpc) is 2.72. The Bertz CT molecular complexity index is 500. The van der Waals surface area contributed by atoms with Crippen molar-refractivity contribution in [2.45, 2.75) is 6.92 Å². The predicted molar refractivity (Wildman–Crippen MR) is 59.4 cm³/mol. The first-order chi connectivity index (χ1) is 7.11. The van der Waals surface area contributed by atoms with Crippen LogP contribution in [0.15, 0.2) is 27.3 Å². The zero-order valence-electron chi connectivity index (χ0n) is 8.00. The number of primary amides is 1. The SMILES string of the molecule is Cc1[nH]c(-c2ccco2)c(Br)c1C(N)=O. The number of nitrogens with two attached hydrogens (primary N) is 1. The fourth-order valence-electron chi connectivity index (χ4n) is 1.48. The molecule has 0 saturated carbocycles. The minimum atomic E-state index is -0.464. The number of carbonyl (C=O) groups is 1. The maximum absolute atomic E-state index is 11.2. The summed E-state index contributed by atoms with van der Waals surface area (Å²) in [5.41, 5.74) is 7.17. The number of carbonyl (C=O) groups excluding carboxylic acids is 1. The minimum Gasteiger partial charge on any atom is -0.463 e. The zero-order chi connectivity index (χ0) is 11.0. The Morgan fingerprint density at radius 3 is 2.80 bits per heavy atom. The molecule has 0 saturated heterocycles. The van der Waals surface area contributed by atoms with E-state index in [9.17, 15) is 4.79 Å². The Hall–Kier alpha value is -1.49. The third-order valence-corrected chi connectivity index (χ3v) is 2.93. The van der Waals surface area contributed by atoms with Crippen LogP contribution in [0.4, 0.5) is 0 Å². The van der Waals surface area contributed by atoms with Gasteiger partial charge in [0.05, 0.1) is 22.0 Å². The second-order valence-electron chi connectivity index (χ2n) is 3.16. The van der Waals surface area contributed by atoms with Crippen molar-refractivity contribution in [3.05, 3.63) is 34.1 Å². The highest BCUT2D eigenvalue weighted by molar-refractivity contribution is 9.10. The third-order valence-electron chi connectivity index (χ3n) is 2.14. The van der Waals surface area contributed by atoms with E-state index in [1.165, 1.54) is 0 Å². The smallest absolute Gasteiger partial charge is 0.251 e. The summed E-state index contributed by atoms with van der Waals surface area (Å²) in [7, 11) is 0. The number of hydrogen-bond acceptors (Lipinski definition) is 2. The lowest BCUT2D eigenvalue weighted by molar-refractivity contribution is 0.0999. The molecule has 3 N–H and O–H groups in total. The molecule has 0 fully saturated rings. The highest BCUT2D eigenvalue weighted by atomic mass is 79.9. The van der Waals surface area contributed by atoms with Crippen LogP contribution in [0.5, 0.6) is 0 Å². The summed E-state index contributed by atoms with van der Waals surface area (Å²) in [4.78, 5) is 14.2. The first-order valence-electron chi connectivity index (χ1n) is 4.33. The van der Waals surface area contributed by atoms with Gasteiger partial charge in [-0.15, -0.1) is 0 Å². The van der Waals surface area contributed by atoms with Crippen molar-refractivity contribution in [2.24, 2.45) is 5.73 Å². The van der Waals surface area contributed by atoms with E-state index in [1.807, 2.05) is 0 Å². The summed E-state index contributed by atoms with van der Waals surface area (Å²) in [5, 5.41) is 0. The Balaban J connectivity index is 2.61. The normalized spacial score (nSPS) is 10.5. The molecule has 0 aromatic carbocycles. The van der Waals surface area contributed by atoms with Gasteiger partial charge in [-0.25, -0.2) is 0 Å². The molecule has 0 spiro atoms. The Morgan fingerprint density at radius 1 is 1.60 bits per heavy atom. The van der Waals surface area contributed by atoms with E-state index in [4.69, 9.17) is 10.2 Å². The summed E-state index contributed by atoms with van der Waals surface area (Å²) < 4.78 is 5.88. The number of hydrogen-bond donors (Lipinski definition) is 2. The van der Waals surface area contributed by atoms with Crippen LogP contribution in [0, 0.1) is 6.92 Å². The molecule has 0 aliphatic rings. The summed E-state index contributed by atoms with van der Waals surface area (Å²) in [5.74, 6) is 0.200. The van der Waals surface area contributed by atoms with Gasteiger partial charge in [-0.05, 0) is 35.0 Å². The van der Waals surface area contributed by atoms with E-state index >= 15 is 0 Å². The van der Waals surface area contributed by atoms with Crippen molar-refractivity contribution in [3.8, 4) is 11.5 Å². The van der Waals surface area contributed by atoms with Crippen LogP contribution in [0.1, 0.15) is 16.1 Å². The molecule has 0 aliphatic carbocycles. The highest BCUT2D eigenvalue weighted by Gasteiger charge is 2.19. The van der Waals surface area contributed by atoms with Gasteiger partial charge in [0.25, 0.3) is 5.91 Å². The predicted octanol–water partition coefficient (Wildman–Crippen LogP) is 2.44. The quantitative estimate of drug-likeness (QED) is 0.878. The van der Waals surface area contributed by atoms with Gasteiger partial charge < -0.3 is 15.1 Å². The van der Waals surface area contributed by atoms with E-state index in [1.54, 1.807) is 25.3 Å². The van der Waals surface area contributed by atoms with Gasteiger partial charge in [-0.2, -0.15) is 0 Å². The lowest BCUT2D eigenvalue weighted by Gasteiger charge is -1.94. The fourth-order valence-corrected chi connectivity index (χ4v) is 2.27. The molecular weight excluding hydrogens is 260 g/mol. The van der Waals surface area contributed by atoms with Gasteiger partial charge in [0.2, 0.25) is 0 Å². The number of aryl methyl sites for hydroxylation is 1. The van der Waals surface area contributed by atoms with Crippen molar-refractivity contribution < 1.29 is 9.21 Å². The van der Waals surface area contributed by atoms with Gasteiger partial charge in [0.15, 0.2) is 5.76 Å². The highest BCUT2D eigenvalue weighted by Crippen LogP contribution is 2.32. The first kappa shape index (κ1) is 10.0. The van der Waals surface area contributed by atoms with E-state index in [-0.39, 0.29) is 0 Å². The van der Waals surface area contributed by atoms with Gasteiger partial charge >= 0.3 is 0 Å². The second kappa shape index (κ2) is 3.58. The first-order valence-corrected chi connectivity index (χ1v) is 5.12. The van der Waals surface area contributed by atoms with Crippen LogP contribution >= 0.6 is 15.9 Å². The Morgan fingerprint density at radius 2 is 2.33 bits per heavy atom. The van der Waals surface area contributed by atoms with Crippen LogP contribution in [0.3, 0.4) is 0 Å². The summed E-state index contributed by atoms with van der Waals surface area (Å²) in [6.45, 7) is 1.79. The standard InChI is InChI=1S/C10H9BrN2O2/c1-5-7(10(12)14)8(11)9(13-5)6-3-2-4-15-6/h2-4,13H,1H3,(H2,12,14). The maximum Gasteiger partial charge on any atom is 0.251 e. The molecule has 0 unspecified atom stereocenters. The number of aromatic amines is 1. The van der Waals surface area contributed by atoms with Crippen molar-refractivity contribution in [1.29, 1.82) is 0 Å². The van der Waals surface area contributed by atoms with Gasteiger partial charge in [0, 0.05) is 5.69 Å². The molecule has 15 heavy (non-hydrogen) atoms. The van der Waals surface area contributed by atoms with Crippen molar-refractivity contribution in [2.75, 3.05) is 0 Å². The molecule has 78 valence electrons. The van der Waals surface area contributed by atoms with Crippen LogP contribution in [0.25, 0.3) is 11.5 Å². The molecular formula is C10H9BrN2O2. The number of furan rings is 1. The average molecular weight is 269 g/mol. The molecule has 0 bridgehead atoms. The van der Waals surface area contributed by atoms with Crippen molar-refractivity contribution in [3.63, 3.8) is 0 Å². The molecule has 0 atom stereocenters. The van der Waals surface area contributed by atoms with E-state index < -0.39 is 5.91 Å². The van der Waals surface area contributed by atoms with Crippen LogP contribution in [0.2, 0.25) is 0 Å². The van der Waals surface area contributed by atoms with Crippen LogP contribution < -0.4 is 5.73 Å². The topological polar surface area (TPSA) is 72.0 Å². The summed E-state index contributed by atoms with van der Waals surface area (Å²) >= 11 is 3.33. The van der Waals surface area contributed by atoms with E-state index in [2.05, 4.69) is 20.9 Å². The van der Waals surface area contributed by atoms with Crippen LogP contribution in [-0.4, -0.2) is 10.9 Å². The number of rotatable bonds is 2. The van der Waals surface area contributed by atoms with Gasteiger partial charge in [-0.1, -0.05) is 0 Å². The van der Waals surface area contributed by atoms with Gasteiger partial charge in [-0.3, -0.25) is 4.79 Å². The molecule has 2 heterocycles. The summed E-state index contributed by atoms with van der Waals surface area (Å²) in [6.07, 6.45) is 1.57. The van der Waals surface area contributed by atoms with Crippen LogP contribution in [-0.2, 0) is 0 Å². The third kappa shape index (κ3) is 1.59. The molecule has 1 amide bonds. The van der Waals surface area contributed by atoms with Crippen molar-refractivity contribution in [1.82, 2.24) is 4.98 Å². The Kier molecular flexibility index (Phi) is 2.40. The molecule has 0 radical (unpaired) electrons. The lowest BCUT2D eigenvalue weighted by atomic mass is 10.2. The van der Waals surface area contributed by atoms with Crippen molar-refractivity contribution >= 4 is 21.8 Å². The minimum absolute atomic E-state index is 0.460. The number of H-pyrrole nitrogens is 1. The molecule has 5 heteroatoms. The molecule has 4 nitrogen and oxygen atoms in total. The molecule has 2 aromatic rings. The van der Waals surface area contributed by atoms with E-state index in [0.29, 0.717) is 15.8 Å². The number of aromatic nitrogens is 1. The number of nitrogens with one attached hydrogen (secondary N) is 1. The second-order valence-corrected chi connectivity index (χ2v) is 3.95. The lowest BCUT2D eigenvalue weighted by Crippen LogP contribution is -2.11. The monoisotopic (exact) mass is 268 g/mol.